The highest BCUT2D eigenvalue weighted by atomic mass is 16.4. The van der Waals surface area contributed by atoms with Gasteiger partial charge in [-0.25, -0.2) is 19.6 Å². The van der Waals surface area contributed by atoms with Crippen LogP contribution in [0.5, 0.6) is 0 Å². The number of hydrogen-bond donors (Lipinski definition) is 4. The van der Waals surface area contributed by atoms with Gasteiger partial charge in [0, 0.05) is 49.1 Å². The summed E-state index contributed by atoms with van der Waals surface area (Å²) in [5.41, 5.74) is 3.87. The fraction of sp³-hybridized carbons (Fsp3) is 0.308. The molecule has 4 aromatic rings. The number of fused-ring (bicyclic) bond motifs is 1. The van der Waals surface area contributed by atoms with Gasteiger partial charge in [0.05, 0.1) is 23.8 Å². The van der Waals surface area contributed by atoms with Gasteiger partial charge in [0.25, 0.3) is 0 Å². The minimum absolute atomic E-state index is 0.0913. The van der Waals surface area contributed by atoms with Gasteiger partial charge in [0.1, 0.15) is 11.6 Å². The van der Waals surface area contributed by atoms with E-state index in [4.69, 9.17) is 0 Å². The summed E-state index contributed by atoms with van der Waals surface area (Å²) < 4.78 is 0. The van der Waals surface area contributed by atoms with Crippen molar-refractivity contribution in [2.75, 3.05) is 26.2 Å². The van der Waals surface area contributed by atoms with E-state index in [1.165, 1.54) is 9.80 Å². The van der Waals surface area contributed by atoms with Crippen molar-refractivity contribution in [1.82, 2.24) is 29.7 Å². The Bertz CT molecular complexity index is 1350. The van der Waals surface area contributed by atoms with E-state index in [1.807, 2.05) is 12.4 Å². The monoisotopic (exact) mass is 486 g/mol. The lowest BCUT2D eigenvalue weighted by atomic mass is 10.0. The number of carbonyl (C=O) groups is 2. The molecule has 4 heterocycles. The Hall–Kier alpha value is -4.34. The molecule has 2 aliphatic rings. The van der Waals surface area contributed by atoms with E-state index in [9.17, 15) is 19.8 Å². The first kappa shape index (κ1) is 22.1. The second-order valence-corrected chi connectivity index (χ2v) is 9.57. The molecule has 2 unspecified atom stereocenters. The Balaban J connectivity index is 1.19. The van der Waals surface area contributed by atoms with E-state index in [-0.39, 0.29) is 11.8 Å². The molecule has 0 spiro atoms. The van der Waals surface area contributed by atoms with Gasteiger partial charge in [-0.2, -0.15) is 0 Å². The van der Waals surface area contributed by atoms with Gasteiger partial charge in [0.15, 0.2) is 0 Å². The van der Waals surface area contributed by atoms with Crippen LogP contribution in [0.1, 0.15) is 36.3 Å². The Labute approximate surface area is 206 Å². The third kappa shape index (κ3) is 4.04. The summed E-state index contributed by atoms with van der Waals surface area (Å²) in [7, 11) is 0. The maximum atomic E-state index is 11.2. The van der Waals surface area contributed by atoms with Crippen LogP contribution in [0, 0.1) is 0 Å². The summed E-state index contributed by atoms with van der Waals surface area (Å²) in [5.74, 6) is 1.84. The first-order valence-corrected chi connectivity index (χ1v) is 12.0. The van der Waals surface area contributed by atoms with Crippen molar-refractivity contribution in [3.63, 3.8) is 0 Å². The first-order valence-electron chi connectivity index (χ1n) is 12.0. The Kier molecular flexibility index (Phi) is 5.36. The average molecular weight is 487 g/mol. The van der Waals surface area contributed by atoms with Crippen molar-refractivity contribution in [2.45, 2.75) is 24.7 Å². The SMILES string of the molecule is O=C(O)N1CCC(c2ncc(-c3ccc4cc(-c5cnc(C6CCN(C(=O)O)C6)[nH]5)ccc4c3)[nH]2)C1. The molecule has 184 valence electrons. The van der Waals surface area contributed by atoms with Gasteiger partial charge in [-0.3, -0.25) is 0 Å². The second kappa shape index (κ2) is 8.71. The lowest BCUT2D eigenvalue weighted by Crippen LogP contribution is -2.26. The van der Waals surface area contributed by atoms with Gasteiger partial charge in [0.2, 0.25) is 0 Å². The zero-order valence-corrected chi connectivity index (χ0v) is 19.5. The molecule has 2 aliphatic heterocycles. The van der Waals surface area contributed by atoms with Crippen LogP contribution in [-0.4, -0.2) is 78.3 Å². The Morgan fingerprint density at radius 3 is 1.58 bits per heavy atom. The molecular formula is C26H26N6O4. The summed E-state index contributed by atoms with van der Waals surface area (Å²) >= 11 is 0. The number of imidazole rings is 2. The third-order valence-electron chi connectivity index (χ3n) is 7.34. The van der Waals surface area contributed by atoms with Crippen LogP contribution in [0.25, 0.3) is 33.3 Å². The Morgan fingerprint density at radius 2 is 1.19 bits per heavy atom. The number of nitrogens with one attached hydrogen (secondary N) is 2. The molecule has 0 saturated carbocycles. The fourth-order valence-corrected chi connectivity index (χ4v) is 5.28. The molecule has 36 heavy (non-hydrogen) atoms. The predicted molar refractivity (Wildman–Crippen MR) is 133 cm³/mol. The molecule has 6 rings (SSSR count). The minimum atomic E-state index is -0.882. The van der Waals surface area contributed by atoms with Crippen molar-refractivity contribution >= 4 is 23.0 Å². The van der Waals surface area contributed by atoms with Crippen LogP contribution in [0.4, 0.5) is 9.59 Å². The number of nitrogens with zero attached hydrogens (tertiary/aromatic N) is 4. The first-order chi connectivity index (χ1) is 17.4. The number of benzene rings is 2. The van der Waals surface area contributed by atoms with Crippen molar-refractivity contribution < 1.29 is 19.8 Å². The molecule has 10 nitrogen and oxygen atoms in total. The smallest absolute Gasteiger partial charge is 0.407 e. The van der Waals surface area contributed by atoms with Crippen LogP contribution in [0.2, 0.25) is 0 Å². The number of amides is 2. The number of H-pyrrole nitrogens is 2. The van der Waals surface area contributed by atoms with Gasteiger partial charge < -0.3 is 30.0 Å². The molecule has 2 atom stereocenters. The fourth-order valence-electron chi connectivity index (χ4n) is 5.28. The average Bonchev–Trinajstić information content (AvgIpc) is 3.68. The number of likely N-dealkylation sites (tertiary alicyclic amines) is 2. The van der Waals surface area contributed by atoms with Gasteiger partial charge in [-0.15, -0.1) is 0 Å². The number of hydrogen-bond acceptors (Lipinski definition) is 4. The van der Waals surface area contributed by atoms with E-state index in [0.717, 1.165) is 57.8 Å². The largest absolute Gasteiger partial charge is 0.465 e. The molecule has 0 bridgehead atoms. The standard InChI is InChI=1S/C26H26N6O4/c33-25(34)31-7-5-19(13-31)23-27-11-21(29-23)17-3-1-15-9-18(4-2-16(15)10-17)22-12-28-24(30-22)20-6-8-32(14-20)26(35)36/h1-4,9-12,19-20H,5-8,13-14H2,(H,27,29)(H,28,30)(H,33,34)(H,35,36). The summed E-state index contributed by atoms with van der Waals surface area (Å²) in [6.07, 6.45) is 3.41. The van der Waals surface area contributed by atoms with E-state index in [1.54, 1.807) is 0 Å². The van der Waals surface area contributed by atoms with Crippen molar-refractivity contribution in [1.29, 1.82) is 0 Å². The number of aromatic nitrogens is 4. The highest BCUT2D eigenvalue weighted by molar-refractivity contribution is 5.90. The van der Waals surface area contributed by atoms with E-state index >= 15 is 0 Å². The maximum absolute atomic E-state index is 11.2. The molecule has 0 radical (unpaired) electrons. The zero-order valence-electron chi connectivity index (χ0n) is 19.5. The van der Waals surface area contributed by atoms with Crippen LogP contribution >= 0.6 is 0 Å². The van der Waals surface area contributed by atoms with E-state index in [2.05, 4.69) is 56.3 Å². The second-order valence-electron chi connectivity index (χ2n) is 9.57. The minimum Gasteiger partial charge on any atom is -0.465 e. The zero-order chi connectivity index (χ0) is 24.8. The molecule has 10 heteroatoms. The molecule has 0 aliphatic carbocycles. The van der Waals surface area contributed by atoms with Crippen LogP contribution in [0.3, 0.4) is 0 Å². The number of aromatic amines is 2. The van der Waals surface area contributed by atoms with Crippen LogP contribution < -0.4 is 0 Å². The normalized spacial score (nSPS) is 19.9. The quantitative estimate of drug-likeness (QED) is 0.334. The van der Waals surface area contributed by atoms with Gasteiger partial charge in [-0.1, -0.05) is 24.3 Å². The summed E-state index contributed by atoms with van der Waals surface area (Å²) in [5, 5.41) is 20.6. The van der Waals surface area contributed by atoms with Gasteiger partial charge in [-0.05, 0) is 35.7 Å². The van der Waals surface area contributed by atoms with Crippen LogP contribution in [0.15, 0.2) is 48.8 Å². The summed E-state index contributed by atoms with van der Waals surface area (Å²) in [6, 6.07) is 12.5. The molecule has 4 N–H and O–H groups in total. The lowest BCUT2D eigenvalue weighted by Gasteiger charge is -2.10. The molecule has 2 aromatic heterocycles. The highest BCUT2D eigenvalue weighted by Gasteiger charge is 2.30. The molecule has 2 amide bonds. The summed E-state index contributed by atoms with van der Waals surface area (Å²) in [6.45, 7) is 2.01. The third-order valence-corrected chi connectivity index (χ3v) is 7.34. The molecule has 2 saturated heterocycles. The molecule has 2 fully saturated rings. The lowest BCUT2D eigenvalue weighted by molar-refractivity contribution is 0.154. The summed E-state index contributed by atoms with van der Waals surface area (Å²) in [4.78, 5) is 41.1. The topological polar surface area (TPSA) is 138 Å². The predicted octanol–water partition coefficient (Wildman–Crippen LogP) is 4.55. The van der Waals surface area contributed by atoms with E-state index < -0.39 is 12.2 Å². The van der Waals surface area contributed by atoms with Gasteiger partial charge >= 0.3 is 12.2 Å². The maximum Gasteiger partial charge on any atom is 0.407 e. The number of carboxylic acid groups (broad SMARTS) is 2. The molecule has 2 aromatic carbocycles. The van der Waals surface area contributed by atoms with Crippen LogP contribution in [-0.2, 0) is 0 Å². The Morgan fingerprint density at radius 1 is 0.750 bits per heavy atom. The van der Waals surface area contributed by atoms with Crippen molar-refractivity contribution in [2.24, 2.45) is 0 Å². The van der Waals surface area contributed by atoms with Crippen molar-refractivity contribution in [3.05, 3.63) is 60.4 Å². The van der Waals surface area contributed by atoms with Crippen molar-refractivity contribution in [3.8, 4) is 22.5 Å². The number of rotatable bonds is 4. The van der Waals surface area contributed by atoms with E-state index in [0.29, 0.717) is 26.2 Å². The molecular weight excluding hydrogens is 460 g/mol. The highest BCUT2D eigenvalue weighted by Crippen LogP contribution is 2.31.